The largest absolute Gasteiger partial charge is 0.347 e. The fourth-order valence-corrected chi connectivity index (χ4v) is 2.91. The second-order valence-corrected chi connectivity index (χ2v) is 5.74. The smallest absolute Gasteiger partial charge is 0.269 e. The standard InChI is InChI=1S/C15H19N3O5/c19-14(16-12-1-3-13(4-2-12)18(20)21)11-17-7-5-15(6-8-17)22-9-10-23-15/h1-4H,5-11H2,(H,16,19). The monoisotopic (exact) mass is 321 g/mol. The zero-order chi connectivity index (χ0) is 16.3. The van der Waals surface area contributed by atoms with Gasteiger partial charge in [0.05, 0.1) is 24.7 Å². The molecule has 0 saturated carbocycles. The Hall–Kier alpha value is -2.03. The third-order valence-corrected chi connectivity index (χ3v) is 4.16. The number of nitro groups is 1. The second kappa shape index (κ2) is 6.61. The zero-order valence-electron chi connectivity index (χ0n) is 12.7. The Kier molecular flexibility index (Phi) is 4.56. The van der Waals surface area contributed by atoms with E-state index in [2.05, 4.69) is 10.2 Å². The highest BCUT2D eigenvalue weighted by Gasteiger charge is 2.39. The van der Waals surface area contributed by atoms with Crippen LogP contribution in [-0.4, -0.2) is 54.4 Å². The van der Waals surface area contributed by atoms with E-state index in [1.165, 1.54) is 24.3 Å². The van der Waals surface area contributed by atoms with Gasteiger partial charge in [0.2, 0.25) is 5.91 Å². The molecule has 0 atom stereocenters. The molecule has 1 aromatic carbocycles. The van der Waals surface area contributed by atoms with Gasteiger partial charge in [-0.2, -0.15) is 0 Å². The number of amides is 1. The summed E-state index contributed by atoms with van der Waals surface area (Å²) in [5, 5.41) is 13.3. The third-order valence-electron chi connectivity index (χ3n) is 4.16. The number of benzene rings is 1. The molecule has 8 heteroatoms. The Morgan fingerprint density at radius 1 is 1.22 bits per heavy atom. The molecule has 0 bridgehead atoms. The van der Waals surface area contributed by atoms with Crippen LogP contribution in [0.3, 0.4) is 0 Å². The number of nitrogens with zero attached hydrogens (tertiary/aromatic N) is 2. The first kappa shape index (κ1) is 15.9. The lowest BCUT2D eigenvalue weighted by Gasteiger charge is -2.37. The first-order chi connectivity index (χ1) is 11.1. The number of carbonyl (C=O) groups excluding carboxylic acids is 1. The number of carbonyl (C=O) groups is 1. The highest BCUT2D eigenvalue weighted by atomic mass is 16.7. The van der Waals surface area contributed by atoms with Crippen LogP contribution in [0.1, 0.15) is 12.8 Å². The Morgan fingerprint density at radius 2 is 1.83 bits per heavy atom. The number of piperidine rings is 1. The number of non-ortho nitro benzene ring substituents is 1. The molecule has 124 valence electrons. The van der Waals surface area contributed by atoms with Crippen molar-refractivity contribution in [3.63, 3.8) is 0 Å². The summed E-state index contributed by atoms with van der Waals surface area (Å²) in [5.41, 5.74) is 0.553. The van der Waals surface area contributed by atoms with Crippen LogP contribution in [0.4, 0.5) is 11.4 Å². The number of rotatable bonds is 4. The number of nitro benzene ring substituents is 1. The van der Waals surface area contributed by atoms with Crippen LogP contribution >= 0.6 is 0 Å². The molecule has 2 heterocycles. The molecule has 1 spiro atoms. The molecule has 0 radical (unpaired) electrons. The quantitative estimate of drug-likeness (QED) is 0.665. The Labute approximate surface area is 133 Å². The average Bonchev–Trinajstić information content (AvgIpc) is 2.99. The lowest BCUT2D eigenvalue weighted by Crippen LogP contribution is -2.47. The highest BCUT2D eigenvalue weighted by molar-refractivity contribution is 5.92. The number of ether oxygens (including phenoxy) is 2. The van der Waals surface area contributed by atoms with Gasteiger partial charge >= 0.3 is 0 Å². The molecule has 2 aliphatic rings. The Balaban J connectivity index is 1.47. The summed E-state index contributed by atoms with van der Waals surface area (Å²) in [7, 11) is 0. The summed E-state index contributed by atoms with van der Waals surface area (Å²) in [5.74, 6) is -0.575. The van der Waals surface area contributed by atoms with E-state index in [-0.39, 0.29) is 18.1 Å². The maximum atomic E-state index is 12.1. The predicted octanol–water partition coefficient (Wildman–Crippen LogP) is 1.37. The molecule has 2 saturated heterocycles. The number of hydrogen-bond acceptors (Lipinski definition) is 6. The van der Waals surface area contributed by atoms with Crippen molar-refractivity contribution in [1.82, 2.24) is 4.90 Å². The number of likely N-dealkylation sites (tertiary alicyclic amines) is 1. The summed E-state index contributed by atoms with van der Waals surface area (Å²) >= 11 is 0. The minimum Gasteiger partial charge on any atom is -0.347 e. The van der Waals surface area contributed by atoms with E-state index in [4.69, 9.17) is 9.47 Å². The van der Waals surface area contributed by atoms with Crippen molar-refractivity contribution in [2.45, 2.75) is 18.6 Å². The fraction of sp³-hybridized carbons (Fsp3) is 0.533. The first-order valence-electron chi connectivity index (χ1n) is 7.61. The molecule has 0 unspecified atom stereocenters. The van der Waals surface area contributed by atoms with Gasteiger partial charge in [-0.3, -0.25) is 19.8 Å². The van der Waals surface area contributed by atoms with Crippen LogP contribution < -0.4 is 5.32 Å². The maximum absolute atomic E-state index is 12.1. The summed E-state index contributed by atoms with van der Waals surface area (Å²) in [6.45, 7) is 3.05. The zero-order valence-corrected chi connectivity index (χ0v) is 12.7. The second-order valence-electron chi connectivity index (χ2n) is 5.74. The predicted molar refractivity (Wildman–Crippen MR) is 82.0 cm³/mol. The molecule has 0 aliphatic carbocycles. The molecule has 3 rings (SSSR count). The van der Waals surface area contributed by atoms with Crippen LogP contribution in [0.2, 0.25) is 0 Å². The van der Waals surface area contributed by atoms with E-state index in [0.717, 1.165) is 25.9 Å². The number of nitrogens with one attached hydrogen (secondary N) is 1. The van der Waals surface area contributed by atoms with Crippen molar-refractivity contribution < 1.29 is 19.2 Å². The summed E-state index contributed by atoms with van der Waals surface area (Å²) in [4.78, 5) is 24.2. The fourth-order valence-electron chi connectivity index (χ4n) is 2.91. The average molecular weight is 321 g/mol. The minimum atomic E-state index is -0.470. The molecular weight excluding hydrogens is 302 g/mol. The minimum absolute atomic E-state index is 0.000825. The van der Waals surface area contributed by atoms with Crippen molar-refractivity contribution in [2.24, 2.45) is 0 Å². The Bertz CT molecular complexity index is 573. The summed E-state index contributed by atoms with van der Waals surface area (Å²) in [6.07, 6.45) is 1.52. The van der Waals surface area contributed by atoms with Gasteiger partial charge in [0.15, 0.2) is 5.79 Å². The number of hydrogen-bond donors (Lipinski definition) is 1. The van der Waals surface area contributed by atoms with Crippen LogP contribution in [0.15, 0.2) is 24.3 Å². The first-order valence-corrected chi connectivity index (χ1v) is 7.61. The lowest BCUT2D eigenvalue weighted by molar-refractivity contribution is -0.384. The highest BCUT2D eigenvalue weighted by Crippen LogP contribution is 2.31. The third kappa shape index (κ3) is 3.84. The van der Waals surface area contributed by atoms with Gasteiger partial charge in [-0.1, -0.05) is 0 Å². The van der Waals surface area contributed by atoms with Gasteiger partial charge in [0, 0.05) is 43.8 Å². The van der Waals surface area contributed by atoms with E-state index in [1.54, 1.807) is 0 Å². The van der Waals surface area contributed by atoms with Crippen LogP contribution in [0.25, 0.3) is 0 Å². The molecule has 1 aromatic rings. The van der Waals surface area contributed by atoms with Crippen molar-refractivity contribution >= 4 is 17.3 Å². The van der Waals surface area contributed by atoms with Gasteiger partial charge in [-0.15, -0.1) is 0 Å². The Morgan fingerprint density at radius 3 is 2.39 bits per heavy atom. The van der Waals surface area contributed by atoms with E-state index in [1.807, 2.05) is 0 Å². The van der Waals surface area contributed by atoms with Crippen LogP contribution in [0.5, 0.6) is 0 Å². The molecule has 23 heavy (non-hydrogen) atoms. The van der Waals surface area contributed by atoms with Crippen molar-refractivity contribution in [1.29, 1.82) is 0 Å². The molecule has 0 aromatic heterocycles. The molecule has 2 fully saturated rings. The maximum Gasteiger partial charge on any atom is 0.269 e. The lowest BCUT2D eigenvalue weighted by atomic mass is 10.0. The summed E-state index contributed by atoms with van der Waals surface area (Å²) in [6, 6.07) is 5.80. The van der Waals surface area contributed by atoms with E-state index < -0.39 is 10.7 Å². The normalized spacial score (nSPS) is 20.5. The molecular formula is C15H19N3O5. The van der Waals surface area contributed by atoms with E-state index in [9.17, 15) is 14.9 Å². The van der Waals surface area contributed by atoms with E-state index in [0.29, 0.717) is 18.9 Å². The topological polar surface area (TPSA) is 93.9 Å². The van der Waals surface area contributed by atoms with Crippen LogP contribution in [-0.2, 0) is 14.3 Å². The van der Waals surface area contributed by atoms with Crippen LogP contribution in [0, 0.1) is 10.1 Å². The van der Waals surface area contributed by atoms with E-state index >= 15 is 0 Å². The van der Waals surface area contributed by atoms with Gasteiger partial charge in [0.25, 0.3) is 5.69 Å². The molecule has 1 amide bonds. The van der Waals surface area contributed by atoms with Crippen molar-refractivity contribution in [3.05, 3.63) is 34.4 Å². The van der Waals surface area contributed by atoms with Gasteiger partial charge in [-0.25, -0.2) is 0 Å². The van der Waals surface area contributed by atoms with Gasteiger partial charge < -0.3 is 14.8 Å². The SMILES string of the molecule is O=C(CN1CCC2(CC1)OCCO2)Nc1ccc([N+](=O)[O-])cc1. The molecule has 2 aliphatic heterocycles. The van der Waals surface area contributed by atoms with Crippen molar-refractivity contribution in [2.75, 3.05) is 38.2 Å². The molecule has 8 nitrogen and oxygen atoms in total. The van der Waals surface area contributed by atoms with Crippen molar-refractivity contribution in [3.8, 4) is 0 Å². The number of anilines is 1. The molecule has 1 N–H and O–H groups in total. The summed E-state index contributed by atoms with van der Waals surface area (Å²) < 4.78 is 11.3. The van der Waals surface area contributed by atoms with Gasteiger partial charge in [-0.05, 0) is 12.1 Å². The van der Waals surface area contributed by atoms with Gasteiger partial charge in [0.1, 0.15) is 0 Å².